The van der Waals surface area contributed by atoms with Crippen molar-refractivity contribution < 1.29 is 19.3 Å². The number of anilines is 1. The third kappa shape index (κ3) is 5.16. The van der Waals surface area contributed by atoms with Crippen molar-refractivity contribution in [2.45, 2.75) is 13.5 Å². The smallest absolute Gasteiger partial charge is 0.339 e. The van der Waals surface area contributed by atoms with E-state index in [1.807, 2.05) is 19.1 Å². The summed E-state index contributed by atoms with van der Waals surface area (Å²) in [5.74, 6) is 0.110. The first-order valence-corrected chi connectivity index (χ1v) is 9.91. The number of pyridine rings is 2. The molecule has 9 nitrogen and oxygen atoms in total. The Morgan fingerprint density at radius 2 is 1.97 bits per heavy atom. The number of nitrogens with one attached hydrogen (secondary N) is 1. The van der Waals surface area contributed by atoms with Crippen LogP contribution in [0.25, 0.3) is 11.3 Å². The summed E-state index contributed by atoms with van der Waals surface area (Å²) in [5, 5.41) is 0.0127. The number of esters is 1. The Kier molecular flexibility index (Phi) is 6.96. The van der Waals surface area contributed by atoms with Gasteiger partial charge in [0, 0.05) is 18.0 Å². The predicted molar refractivity (Wildman–Crippen MR) is 125 cm³/mol. The quantitative estimate of drug-likeness (QED) is 0.137. The summed E-state index contributed by atoms with van der Waals surface area (Å²) in [6.45, 7) is 2.06. The van der Waals surface area contributed by atoms with Crippen LogP contribution in [-0.2, 0) is 11.3 Å². The van der Waals surface area contributed by atoms with E-state index >= 15 is 0 Å². The van der Waals surface area contributed by atoms with E-state index in [0.29, 0.717) is 28.3 Å². The van der Waals surface area contributed by atoms with E-state index < -0.39 is 5.97 Å². The van der Waals surface area contributed by atoms with Crippen LogP contribution in [0, 0.1) is 6.92 Å². The van der Waals surface area contributed by atoms with Crippen molar-refractivity contribution in [3.05, 3.63) is 71.2 Å². The number of ether oxygens (including phenoxy) is 2. The molecule has 0 aliphatic rings. The van der Waals surface area contributed by atoms with Crippen molar-refractivity contribution in [2.24, 2.45) is 11.5 Å². The van der Waals surface area contributed by atoms with Gasteiger partial charge in [0.25, 0.3) is 5.11 Å². The van der Waals surface area contributed by atoms with Gasteiger partial charge in [0.1, 0.15) is 12.4 Å². The molecule has 3 aromatic rings. The summed E-state index contributed by atoms with van der Waals surface area (Å²) in [4.78, 5) is 23.0. The van der Waals surface area contributed by atoms with Crippen LogP contribution in [0.3, 0.4) is 0 Å². The van der Waals surface area contributed by atoms with Crippen LogP contribution < -0.4 is 26.9 Å². The molecule has 0 saturated carbocycles. The van der Waals surface area contributed by atoms with Crippen LogP contribution in [-0.4, -0.2) is 34.0 Å². The molecule has 0 aliphatic heterocycles. The maximum atomic E-state index is 11.6. The molecule has 0 fully saturated rings. The Balaban J connectivity index is 1.98. The number of methoxy groups -OCH3 is 1. The normalized spacial score (nSPS) is 11.1. The lowest BCUT2D eigenvalue weighted by Gasteiger charge is -2.15. The van der Waals surface area contributed by atoms with Gasteiger partial charge in [-0.05, 0) is 55.0 Å². The van der Waals surface area contributed by atoms with Crippen molar-refractivity contribution in [3.8, 4) is 17.0 Å². The highest BCUT2D eigenvalue weighted by Crippen LogP contribution is 2.33. The molecule has 7 N–H and O–H groups in total. The highest BCUT2D eigenvalue weighted by molar-refractivity contribution is 7.79. The SMILES string of the molecule is COC(=O)c1ccc(COc2cc(-c3ncccc3C)cc(/C(N)=[NH+]/C(N)=S)c2N)nc1. The van der Waals surface area contributed by atoms with Crippen LogP contribution >= 0.6 is 12.2 Å². The van der Waals surface area contributed by atoms with E-state index in [-0.39, 0.29) is 17.6 Å². The van der Waals surface area contributed by atoms with Gasteiger partial charge in [-0.2, -0.15) is 0 Å². The maximum absolute atomic E-state index is 11.6. The number of amidine groups is 1. The summed E-state index contributed by atoms with van der Waals surface area (Å²) in [5.41, 5.74) is 22.2. The van der Waals surface area contributed by atoms with Crippen LogP contribution in [0.15, 0.2) is 48.8 Å². The van der Waals surface area contributed by atoms with Crippen molar-refractivity contribution >= 4 is 34.8 Å². The number of thiocarbonyl (C=S) groups is 1. The lowest BCUT2D eigenvalue weighted by atomic mass is 10.0. The monoisotopic (exact) mass is 451 g/mol. The number of hydrogen-bond acceptors (Lipinski definition) is 7. The zero-order valence-electron chi connectivity index (χ0n) is 17.6. The minimum absolute atomic E-state index is 0.0127. The number of rotatable bonds is 6. The minimum atomic E-state index is -0.464. The van der Waals surface area contributed by atoms with Gasteiger partial charge in [0.05, 0.1) is 35.3 Å². The molecular formula is C22H23N6O3S+. The first-order chi connectivity index (χ1) is 15.3. The molecule has 0 amide bonds. The highest BCUT2D eigenvalue weighted by Gasteiger charge is 2.17. The highest BCUT2D eigenvalue weighted by atomic mass is 32.1. The Labute approximate surface area is 190 Å². The third-order valence-electron chi connectivity index (χ3n) is 4.59. The molecule has 0 aliphatic carbocycles. The second-order valence-corrected chi connectivity index (χ2v) is 7.27. The number of nitrogens with two attached hydrogens (primary N) is 3. The van der Waals surface area contributed by atoms with E-state index in [1.54, 1.807) is 30.5 Å². The lowest BCUT2D eigenvalue weighted by molar-refractivity contribution is -0.313. The third-order valence-corrected chi connectivity index (χ3v) is 4.70. The molecule has 3 rings (SSSR count). The van der Waals surface area contributed by atoms with Crippen molar-refractivity contribution in [1.29, 1.82) is 0 Å². The minimum Gasteiger partial charge on any atom is -0.485 e. The number of aryl methyl sites for hydroxylation is 1. The molecule has 0 unspecified atom stereocenters. The van der Waals surface area contributed by atoms with Gasteiger partial charge >= 0.3 is 5.97 Å². The van der Waals surface area contributed by atoms with Gasteiger partial charge < -0.3 is 26.7 Å². The van der Waals surface area contributed by atoms with Gasteiger partial charge in [-0.15, -0.1) is 0 Å². The van der Waals surface area contributed by atoms with Gasteiger partial charge in [-0.25, -0.2) is 9.79 Å². The molecule has 0 radical (unpaired) electrons. The van der Waals surface area contributed by atoms with Gasteiger partial charge in [-0.3, -0.25) is 9.97 Å². The number of benzene rings is 1. The zero-order valence-corrected chi connectivity index (χ0v) is 18.4. The molecule has 2 heterocycles. The number of carbonyl (C=O) groups is 1. The number of aromatic nitrogens is 2. The van der Waals surface area contributed by atoms with Crippen LogP contribution in [0.2, 0.25) is 0 Å². The van der Waals surface area contributed by atoms with Crippen LogP contribution in [0.1, 0.15) is 27.2 Å². The first-order valence-electron chi connectivity index (χ1n) is 9.51. The Bertz CT molecular complexity index is 1190. The maximum Gasteiger partial charge on any atom is 0.339 e. The number of nitrogens with zero attached hydrogens (tertiary/aromatic N) is 2. The fourth-order valence-corrected chi connectivity index (χ4v) is 3.10. The number of carbonyl (C=O) groups excluding carboxylic acids is 1. The standard InChI is InChI=1S/C22H22N6O3S/c1-12-4-3-7-26-19(12)14-8-16(20(24)28-22(25)32)18(23)17(9-14)31-11-15-6-5-13(10-27-15)21(29)30-2/h3-10H,11,23H2,1-2H3,(H4,24,25,28,32)/p+1. The number of hydrogen-bond donors (Lipinski definition) is 4. The van der Waals surface area contributed by atoms with Crippen molar-refractivity contribution in [3.63, 3.8) is 0 Å². The summed E-state index contributed by atoms with van der Waals surface area (Å²) >= 11 is 4.89. The molecular weight excluding hydrogens is 428 g/mol. The predicted octanol–water partition coefficient (Wildman–Crippen LogP) is 0.429. The van der Waals surface area contributed by atoms with Gasteiger partial charge in [0.15, 0.2) is 0 Å². The molecule has 0 bridgehead atoms. The van der Waals surface area contributed by atoms with Gasteiger partial charge in [-0.1, -0.05) is 6.07 Å². The van der Waals surface area contributed by atoms with E-state index in [4.69, 9.17) is 34.2 Å². The largest absolute Gasteiger partial charge is 0.485 e. The molecule has 0 saturated heterocycles. The van der Waals surface area contributed by atoms with Crippen LogP contribution in [0.4, 0.5) is 5.69 Å². The average molecular weight is 452 g/mol. The molecule has 2 aromatic heterocycles. The fraction of sp³-hybridized carbons (Fsp3) is 0.136. The first kappa shape index (κ1) is 22.6. The van der Waals surface area contributed by atoms with Crippen molar-refractivity contribution in [2.75, 3.05) is 12.8 Å². The summed E-state index contributed by atoms with van der Waals surface area (Å²) in [6.07, 6.45) is 3.12. The second kappa shape index (κ2) is 9.84. The Morgan fingerprint density at radius 3 is 2.59 bits per heavy atom. The Hall–Kier alpha value is -4.05. The lowest BCUT2D eigenvalue weighted by Crippen LogP contribution is -2.81. The Morgan fingerprint density at radius 1 is 1.19 bits per heavy atom. The fourth-order valence-electron chi connectivity index (χ4n) is 2.99. The molecule has 0 atom stereocenters. The zero-order chi connectivity index (χ0) is 23.3. The molecule has 164 valence electrons. The summed E-state index contributed by atoms with van der Waals surface area (Å²) in [7, 11) is 1.31. The van der Waals surface area contributed by atoms with Gasteiger partial charge in [0.2, 0.25) is 5.84 Å². The average Bonchev–Trinajstić information content (AvgIpc) is 2.78. The summed E-state index contributed by atoms with van der Waals surface area (Å²) < 4.78 is 10.6. The molecule has 1 aromatic carbocycles. The van der Waals surface area contributed by atoms with E-state index in [0.717, 1.165) is 16.8 Å². The van der Waals surface area contributed by atoms with E-state index in [1.165, 1.54) is 13.3 Å². The molecule has 32 heavy (non-hydrogen) atoms. The molecule has 0 spiro atoms. The second-order valence-electron chi connectivity index (χ2n) is 6.83. The molecule has 10 heteroatoms. The van der Waals surface area contributed by atoms with Crippen LogP contribution in [0.5, 0.6) is 5.75 Å². The topological polar surface area (TPSA) is 153 Å². The van der Waals surface area contributed by atoms with Crippen molar-refractivity contribution in [1.82, 2.24) is 9.97 Å². The number of nitrogen functional groups attached to an aromatic ring is 2. The van der Waals surface area contributed by atoms with E-state index in [9.17, 15) is 4.79 Å². The summed E-state index contributed by atoms with van der Waals surface area (Å²) in [6, 6.07) is 10.7. The van der Waals surface area contributed by atoms with E-state index in [2.05, 4.69) is 19.7 Å².